The summed E-state index contributed by atoms with van der Waals surface area (Å²) in [7, 11) is 0. The number of nitrogens with one attached hydrogen (secondary N) is 2. The molecule has 0 spiro atoms. The molecule has 2 bridgehead atoms. The summed E-state index contributed by atoms with van der Waals surface area (Å²) in [4.78, 5) is 80.6. The molecular weight excluding hydrogens is 647 g/mol. The van der Waals surface area contributed by atoms with Crippen molar-refractivity contribution in [2.24, 2.45) is 29.6 Å². The second-order valence-electron chi connectivity index (χ2n) is 12.2. The molecule has 12 nitrogen and oxygen atoms in total. The van der Waals surface area contributed by atoms with Gasteiger partial charge in [-0.05, 0) is 80.0 Å². The highest BCUT2D eigenvalue weighted by Crippen LogP contribution is 2.68. The molecule has 3 N–H and O–H groups in total. The first-order chi connectivity index (χ1) is 22.6. The molecule has 3 amide bonds. The number of thiazole rings is 1. The lowest BCUT2D eigenvalue weighted by atomic mass is 9.68. The van der Waals surface area contributed by atoms with Gasteiger partial charge in [0.05, 0.1) is 29.0 Å². The number of carboxylic acids is 1. The first kappa shape index (κ1) is 31.2. The number of benzene rings is 2. The van der Waals surface area contributed by atoms with E-state index < -0.39 is 47.5 Å². The molecular formula is C33H31N3O9S2. The number of nitrogens with zero attached hydrogens (tertiary/aromatic N) is 1. The molecule has 3 aromatic rings. The Morgan fingerprint density at radius 1 is 1.06 bits per heavy atom. The van der Waals surface area contributed by atoms with Crippen molar-refractivity contribution in [3.63, 3.8) is 0 Å². The quantitative estimate of drug-likeness (QED) is 0.225. The zero-order chi connectivity index (χ0) is 33.1. The third kappa shape index (κ3) is 5.23. The minimum absolute atomic E-state index is 0.0496. The molecule has 1 aromatic heterocycles. The normalized spacial score (nSPS) is 27.5. The van der Waals surface area contributed by atoms with Crippen molar-refractivity contribution < 1.29 is 38.6 Å². The van der Waals surface area contributed by atoms with Gasteiger partial charge in [-0.1, -0.05) is 23.5 Å². The van der Waals surface area contributed by atoms with Crippen molar-refractivity contribution in [3.05, 3.63) is 74.2 Å². The predicted molar refractivity (Wildman–Crippen MR) is 170 cm³/mol. The minimum Gasteiger partial charge on any atom is -0.484 e. The van der Waals surface area contributed by atoms with Crippen LogP contribution in [0.15, 0.2) is 58.4 Å². The number of imide groups is 1. The maximum atomic E-state index is 13.6. The van der Waals surface area contributed by atoms with Crippen molar-refractivity contribution in [2.75, 3.05) is 18.5 Å². The van der Waals surface area contributed by atoms with Gasteiger partial charge in [-0.15, -0.1) is 11.8 Å². The van der Waals surface area contributed by atoms with Crippen LogP contribution < -0.4 is 14.9 Å². The molecule has 244 valence electrons. The Hall–Kier alpha value is -4.43. The lowest BCUT2D eigenvalue weighted by molar-refractivity contribution is -0.154. The number of fused-ring (bicyclic) bond motifs is 9. The van der Waals surface area contributed by atoms with Crippen LogP contribution in [-0.4, -0.2) is 69.2 Å². The summed E-state index contributed by atoms with van der Waals surface area (Å²) < 4.78 is 10.9. The second kappa shape index (κ2) is 12.0. The van der Waals surface area contributed by atoms with Crippen molar-refractivity contribution in [1.29, 1.82) is 0 Å². The van der Waals surface area contributed by atoms with Crippen molar-refractivity contribution >= 4 is 58.4 Å². The molecule has 7 unspecified atom stereocenters. The van der Waals surface area contributed by atoms with Crippen LogP contribution in [0.4, 0.5) is 5.69 Å². The van der Waals surface area contributed by atoms with Gasteiger partial charge in [0.2, 0.25) is 11.8 Å². The molecule has 2 saturated carbocycles. The molecule has 2 aromatic carbocycles. The highest BCUT2D eigenvalue weighted by atomic mass is 32.2. The number of ether oxygens (including phenoxy) is 2. The molecule has 3 heterocycles. The number of carboxylic acid groups (broad SMARTS) is 1. The lowest BCUT2D eigenvalue weighted by Gasteiger charge is -2.43. The maximum Gasteiger partial charge on any atom is 0.338 e. The summed E-state index contributed by atoms with van der Waals surface area (Å²) in [5, 5.41) is 13.0. The van der Waals surface area contributed by atoms with Crippen molar-refractivity contribution in [2.45, 2.75) is 42.5 Å². The number of aliphatic carboxylic acids is 1. The number of rotatable bonds is 9. The van der Waals surface area contributed by atoms with E-state index in [1.165, 1.54) is 6.92 Å². The van der Waals surface area contributed by atoms with Crippen LogP contribution >= 0.6 is 23.1 Å². The van der Waals surface area contributed by atoms with Crippen LogP contribution in [-0.2, 0) is 23.9 Å². The summed E-state index contributed by atoms with van der Waals surface area (Å²) in [5.41, 5.74) is 1.73. The third-order valence-electron chi connectivity index (χ3n) is 9.77. The molecule has 2 aliphatic carbocycles. The van der Waals surface area contributed by atoms with Crippen LogP contribution in [0, 0.1) is 29.6 Å². The van der Waals surface area contributed by atoms with Gasteiger partial charge >= 0.3 is 16.8 Å². The summed E-state index contributed by atoms with van der Waals surface area (Å²) in [6.45, 7) is 3.07. The second-order valence-corrected chi connectivity index (χ2v) is 14.4. The average molecular weight is 678 g/mol. The van der Waals surface area contributed by atoms with Gasteiger partial charge in [-0.25, -0.2) is 9.59 Å². The smallest absolute Gasteiger partial charge is 0.338 e. The van der Waals surface area contributed by atoms with Gasteiger partial charge in [0, 0.05) is 21.7 Å². The number of aromatic nitrogens is 1. The molecule has 1 saturated heterocycles. The number of amides is 3. The van der Waals surface area contributed by atoms with E-state index in [-0.39, 0.29) is 47.0 Å². The summed E-state index contributed by atoms with van der Waals surface area (Å²) >= 11 is 2.68. The topological polar surface area (TPSA) is 172 Å². The lowest BCUT2D eigenvalue weighted by Crippen LogP contribution is -2.44. The van der Waals surface area contributed by atoms with Crippen LogP contribution in [0.3, 0.4) is 0 Å². The molecule has 8 atom stereocenters. The molecule has 3 fully saturated rings. The van der Waals surface area contributed by atoms with Gasteiger partial charge in [-0.2, -0.15) is 0 Å². The largest absolute Gasteiger partial charge is 0.484 e. The van der Waals surface area contributed by atoms with Gasteiger partial charge < -0.3 is 24.9 Å². The van der Waals surface area contributed by atoms with E-state index in [1.54, 1.807) is 49.0 Å². The van der Waals surface area contributed by atoms with E-state index in [4.69, 9.17) is 9.47 Å². The van der Waals surface area contributed by atoms with E-state index >= 15 is 0 Å². The number of carbonyl (C=O) groups is 5. The third-order valence-corrected chi connectivity index (χ3v) is 12.4. The van der Waals surface area contributed by atoms with Crippen LogP contribution in [0.1, 0.15) is 47.0 Å². The first-order valence-electron chi connectivity index (χ1n) is 15.4. The number of aromatic amines is 1. The van der Waals surface area contributed by atoms with E-state index in [2.05, 4.69) is 10.3 Å². The zero-order valence-electron chi connectivity index (χ0n) is 25.3. The number of thioether (sulfide) groups is 1. The molecule has 2 aliphatic heterocycles. The molecule has 0 radical (unpaired) electrons. The van der Waals surface area contributed by atoms with E-state index in [0.29, 0.717) is 23.4 Å². The highest BCUT2D eigenvalue weighted by Gasteiger charge is 2.70. The van der Waals surface area contributed by atoms with Crippen molar-refractivity contribution in [3.8, 4) is 5.75 Å². The summed E-state index contributed by atoms with van der Waals surface area (Å²) in [5.74, 6) is -4.23. The monoisotopic (exact) mass is 677 g/mol. The first-order valence-corrected chi connectivity index (χ1v) is 17.1. The van der Waals surface area contributed by atoms with Gasteiger partial charge in [0.25, 0.3) is 5.91 Å². The fourth-order valence-electron chi connectivity index (χ4n) is 7.95. The maximum absolute atomic E-state index is 13.6. The van der Waals surface area contributed by atoms with Gasteiger partial charge in [-0.3, -0.25) is 24.1 Å². The highest BCUT2D eigenvalue weighted by molar-refractivity contribution is 8.00. The predicted octanol–water partition coefficient (Wildman–Crippen LogP) is 3.58. The number of anilines is 1. The van der Waals surface area contributed by atoms with Crippen molar-refractivity contribution in [1.82, 2.24) is 9.88 Å². The SMILES string of the molecule is CCOC(=O)c1ccc(NC(=O)COc2cccc([C@H]3c4sc(=O)[nH]c4SC4C5CC(C6C(=O)N(C(C)C(=O)O)C(=O)C56)C43)c2)cc1. The van der Waals surface area contributed by atoms with E-state index in [9.17, 15) is 33.9 Å². The molecule has 47 heavy (non-hydrogen) atoms. The number of hydrogen-bond acceptors (Lipinski definition) is 10. The van der Waals surface area contributed by atoms with Crippen LogP contribution in [0.25, 0.3) is 0 Å². The Morgan fingerprint density at radius 2 is 1.79 bits per heavy atom. The standard InChI is InChI=1S/C33H31N3O9S2/c1-3-44-32(42)15-7-9-17(10-8-15)34-21(37)13-45-18-6-4-5-16(11-18)22-23-19-12-20(26(23)46-28-27(22)47-33(43)35-28)25-24(19)29(38)36(30(25)39)14(2)31(40)41/h4-11,14,19-20,22-26H,3,12-13H2,1-2H3,(H,34,37)(H,35,43)(H,40,41)/t14?,19?,20?,22-,23?,24?,25?,26?/m1/s1. The van der Waals surface area contributed by atoms with Crippen LogP contribution in [0.5, 0.6) is 5.75 Å². The minimum atomic E-state index is -1.24. The average Bonchev–Trinajstić information content (AvgIpc) is 3.79. The van der Waals surface area contributed by atoms with Crippen LogP contribution in [0.2, 0.25) is 0 Å². The molecule has 14 heteroatoms. The number of H-pyrrole nitrogens is 1. The Labute approximate surface area is 276 Å². The number of carbonyl (C=O) groups excluding carboxylic acids is 4. The number of esters is 1. The fourth-order valence-corrected chi connectivity index (χ4v) is 10.8. The van der Waals surface area contributed by atoms with E-state index in [1.807, 2.05) is 18.2 Å². The van der Waals surface area contributed by atoms with Gasteiger partial charge in [0.1, 0.15) is 11.8 Å². The molecule has 4 aliphatic rings. The number of likely N-dealkylation sites (tertiary alicyclic amines) is 1. The Kier molecular flexibility index (Phi) is 7.95. The summed E-state index contributed by atoms with van der Waals surface area (Å²) in [6, 6.07) is 12.4. The van der Waals surface area contributed by atoms with E-state index in [0.717, 1.165) is 31.7 Å². The Bertz CT molecular complexity index is 1850. The zero-order valence-corrected chi connectivity index (χ0v) is 27.0. The number of hydrogen-bond donors (Lipinski definition) is 3. The fraction of sp³-hybridized carbons (Fsp3) is 0.394. The Morgan fingerprint density at radius 3 is 2.49 bits per heavy atom. The molecule has 7 rings (SSSR count). The Balaban J connectivity index is 1.11. The summed E-state index contributed by atoms with van der Waals surface area (Å²) in [6.07, 6.45) is 0.678. The van der Waals surface area contributed by atoms with Gasteiger partial charge in [0.15, 0.2) is 6.61 Å².